The van der Waals surface area contributed by atoms with Crippen LogP contribution in [0.3, 0.4) is 0 Å². The lowest BCUT2D eigenvalue weighted by Gasteiger charge is -2.31. The summed E-state index contributed by atoms with van der Waals surface area (Å²) in [6.07, 6.45) is -0.844. The van der Waals surface area contributed by atoms with Crippen molar-refractivity contribution in [2.24, 2.45) is 0 Å². The molecule has 4 amide bonds. The lowest BCUT2D eigenvalue weighted by atomic mass is 10.00. The molecule has 0 bridgehead atoms. The first-order valence-electron chi connectivity index (χ1n) is 16.2. The van der Waals surface area contributed by atoms with Gasteiger partial charge in [0, 0.05) is 41.1 Å². The van der Waals surface area contributed by atoms with Crippen LogP contribution in [-0.4, -0.2) is 76.9 Å². The van der Waals surface area contributed by atoms with Gasteiger partial charge in [-0.15, -0.1) is 0 Å². The third kappa shape index (κ3) is 9.81. The summed E-state index contributed by atoms with van der Waals surface area (Å²) in [6, 6.07) is 23.2. The molecule has 4 aromatic carbocycles. The van der Waals surface area contributed by atoms with E-state index in [1.165, 1.54) is 11.0 Å². The highest BCUT2D eigenvalue weighted by atomic mass is 35.5. The topological polar surface area (TPSA) is 116 Å². The number of halogens is 4. The van der Waals surface area contributed by atoms with Gasteiger partial charge < -0.3 is 20.1 Å². The molecule has 1 aliphatic rings. The van der Waals surface area contributed by atoms with Crippen LogP contribution in [0.2, 0.25) is 20.1 Å². The van der Waals surface area contributed by atoms with E-state index in [2.05, 4.69) is 5.32 Å². The van der Waals surface area contributed by atoms with Gasteiger partial charge in [0.2, 0.25) is 5.91 Å². The second-order valence-corrected chi connectivity index (χ2v) is 13.8. The van der Waals surface area contributed by atoms with Gasteiger partial charge in [0.1, 0.15) is 5.75 Å². The van der Waals surface area contributed by atoms with E-state index in [0.29, 0.717) is 32.6 Å². The van der Waals surface area contributed by atoms with Crippen molar-refractivity contribution >= 4 is 70.0 Å². The Balaban J connectivity index is 1.31. The average Bonchev–Trinajstić information content (AvgIpc) is 3.35. The van der Waals surface area contributed by atoms with Crippen LogP contribution >= 0.6 is 46.4 Å². The molecule has 2 unspecified atom stereocenters. The Morgan fingerprint density at radius 2 is 1.53 bits per heavy atom. The SMILES string of the molecule is Cc1cc(OCC(=O)N(CCc2ccc(Cl)cc2Cl)CC(O)C(Cc2ccccc2)NC(=O)CCN2C(=O)c3ccccc3C2=O)c(Cl)cc1Cl. The third-order valence-corrected chi connectivity index (χ3v) is 9.83. The molecule has 9 nitrogen and oxygen atoms in total. The first-order chi connectivity index (χ1) is 24.4. The predicted octanol–water partition coefficient (Wildman–Crippen LogP) is 6.83. The van der Waals surface area contributed by atoms with Crippen LogP contribution in [0.4, 0.5) is 0 Å². The number of rotatable bonds is 15. The second-order valence-electron chi connectivity index (χ2n) is 12.1. The quantitative estimate of drug-likeness (QED) is 0.128. The molecule has 1 aliphatic heterocycles. The number of carbonyl (C=O) groups is 4. The van der Waals surface area contributed by atoms with Crippen LogP contribution in [0.1, 0.15) is 43.8 Å². The van der Waals surface area contributed by atoms with Crippen molar-refractivity contribution in [2.45, 2.75) is 38.3 Å². The maximum Gasteiger partial charge on any atom is 0.261 e. The average molecular weight is 772 g/mol. The van der Waals surface area contributed by atoms with Crippen LogP contribution < -0.4 is 10.1 Å². The lowest BCUT2D eigenvalue weighted by molar-refractivity contribution is -0.135. The van der Waals surface area contributed by atoms with Gasteiger partial charge in [0.25, 0.3) is 17.7 Å². The number of aryl methyl sites for hydroxylation is 1. The van der Waals surface area contributed by atoms with E-state index >= 15 is 0 Å². The summed E-state index contributed by atoms with van der Waals surface area (Å²) >= 11 is 25.0. The minimum absolute atomic E-state index is 0.136. The van der Waals surface area contributed by atoms with E-state index in [1.807, 2.05) is 30.3 Å². The van der Waals surface area contributed by atoms with Crippen LogP contribution in [0.25, 0.3) is 0 Å². The summed E-state index contributed by atoms with van der Waals surface area (Å²) < 4.78 is 5.79. The highest BCUT2D eigenvalue weighted by molar-refractivity contribution is 6.36. The van der Waals surface area contributed by atoms with Crippen LogP contribution in [0.15, 0.2) is 84.9 Å². The van der Waals surface area contributed by atoms with Gasteiger partial charge in [0.05, 0.1) is 28.3 Å². The number of fused-ring (bicyclic) bond motifs is 1. The summed E-state index contributed by atoms with van der Waals surface area (Å²) in [5, 5.41) is 16.1. The number of hydrogen-bond donors (Lipinski definition) is 2. The maximum atomic E-state index is 13.7. The molecule has 0 spiro atoms. The highest BCUT2D eigenvalue weighted by Crippen LogP contribution is 2.31. The fourth-order valence-electron chi connectivity index (χ4n) is 5.71. The van der Waals surface area contributed by atoms with E-state index < -0.39 is 42.4 Å². The fraction of sp³-hybridized carbons (Fsp3) is 0.263. The Morgan fingerprint density at radius 3 is 2.20 bits per heavy atom. The fourth-order valence-corrected chi connectivity index (χ4v) is 6.65. The van der Waals surface area contributed by atoms with Crippen molar-refractivity contribution in [3.05, 3.63) is 133 Å². The number of carbonyl (C=O) groups excluding carboxylic acids is 4. The van der Waals surface area contributed by atoms with Gasteiger partial charge in [-0.05, 0) is 72.9 Å². The zero-order chi connectivity index (χ0) is 36.7. The monoisotopic (exact) mass is 769 g/mol. The molecule has 51 heavy (non-hydrogen) atoms. The standard InChI is InChI=1S/C38H35Cl4N3O6/c1-23-17-34(31(42)20-29(23)40)51-22-36(48)44(15-13-25-11-12-26(39)19-30(25)41)21-33(46)32(18-24-7-3-2-4-8-24)43-35(47)14-16-45-37(49)27-9-5-6-10-28(27)38(45)50/h2-12,17,19-20,32-33,46H,13-16,18,21-22H2,1H3,(H,43,47). The van der Waals surface area contributed by atoms with E-state index in [4.69, 9.17) is 51.1 Å². The van der Waals surface area contributed by atoms with Crippen molar-refractivity contribution in [2.75, 3.05) is 26.2 Å². The minimum atomic E-state index is -1.24. The summed E-state index contributed by atoms with van der Waals surface area (Å²) in [5.74, 6) is -1.57. The number of aliphatic hydroxyl groups is 1. The Kier molecular flexibility index (Phi) is 13.0. The Hall–Kier alpha value is -4.12. The molecule has 0 fully saturated rings. The van der Waals surface area contributed by atoms with Gasteiger partial charge in [-0.2, -0.15) is 0 Å². The molecule has 0 saturated heterocycles. The zero-order valence-electron chi connectivity index (χ0n) is 27.6. The van der Waals surface area contributed by atoms with Crippen LogP contribution in [-0.2, 0) is 22.4 Å². The number of hydrogen-bond acceptors (Lipinski definition) is 6. The number of amides is 4. The molecule has 0 aromatic heterocycles. The molecular formula is C38H35Cl4N3O6. The first kappa shape index (κ1) is 38.1. The summed E-state index contributed by atoms with van der Waals surface area (Å²) in [7, 11) is 0. The predicted molar refractivity (Wildman–Crippen MR) is 198 cm³/mol. The second kappa shape index (κ2) is 17.4. The number of benzene rings is 4. The number of aliphatic hydroxyl groups excluding tert-OH is 1. The first-order valence-corrected chi connectivity index (χ1v) is 17.7. The lowest BCUT2D eigenvalue weighted by Crippen LogP contribution is -2.52. The van der Waals surface area contributed by atoms with E-state index in [-0.39, 0.29) is 43.2 Å². The Labute approximate surface area is 316 Å². The molecule has 2 N–H and O–H groups in total. The van der Waals surface area contributed by atoms with Crippen molar-refractivity contribution in [1.29, 1.82) is 0 Å². The summed E-state index contributed by atoms with van der Waals surface area (Å²) in [4.78, 5) is 55.1. The highest BCUT2D eigenvalue weighted by Gasteiger charge is 2.35. The smallest absolute Gasteiger partial charge is 0.261 e. The number of ether oxygens (including phenoxy) is 1. The van der Waals surface area contributed by atoms with E-state index in [0.717, 1.165) is 21.6 Å². The van der Waals surface area contributed by atoms with Crippen LogP contribution in [0.5, 0.6) is 5.75 Å². The van der Waals surface area contributed by atoms with Crippen molar-refractivity contribution in [3.63, 3.8) is 0 Å². The van der Waals surface area contributed by atoms with Gasteiger partial charge in [0.15, 0.2) is 6.61 Å². The van der Waals surface area contributed by atoms with Crippen LogP contribution in [0, 0.1) is 6.92 Å². The largest absolute Gasteiger partial charge is 0.482 e. The molecule has 13 heteroatoms. The molecule has 1 heterocycles. The molecule has 0 saturated carbocycles. The minimum Gasteiger partial charge on any atom is -0.482 e. The molecule has 4 aromatic rings. The third-order valence-electron chi connectivity index (χ3n) is 8.54. The van der Waals surface area contributed by atoms with Crippen molar-refractivity contribution in [3.8, 4) is 5.75 Å². The van der Waals surface area contributed by atoms with Gasteiger partial charge in [-0.3, -0.25) is 24.1 Å². The molecular weight excluding hydrogens is 736 g/mol. The number of imide groups is 1. The number of nitrogens with zero attached hydrogens (tertiary/aromatic N) is 2. The molecule has 2 atom stereocenters. The van der Waals surface area contributed by atoms with E-state index in [9.17, 15) is 24.3 Å². The number of nitrogens with one attached hydrogen (secondary N) is 1. The van der Waals surface area contributed by atoms with Gasteiger partial charge in [-0.1, -0.05) is 94.9 Å². The Bertz CT molecular complexity index is 1890. The molecule has 0 aliphatic carbocycles. The zero-order valence-corrected chi connectivity index (χ0v) is 30.6. The Morgan fingerprint density at radius 1 is 0.863 bits per heavy atom. The molecule has 0 radical (unpaired) electrons. The molecule has 266 valence electrons. The molecule has 5 rings (SSSR count). The van der Waals surface area contributed by atoms with Gasteiger partial charge >= 0.3 is 0 Å². The normalized spacial score (nSPS) is 13.5. The van der Waals surface area contributed by atoms with Gasteiger partial charge in [-0.25, -0.2) is 0 Å². The van der Waals surface area contributed by atoms with Crippen molar-refractivity contribution in [1.82, 2.24) is 15.1 Å². The maximum absolute atomic E-state index is 13.7. The summed E-state index contributed by atoms with van der Waals surface area (Å²) in [5.41, 5.74) is 2.89. The summed E-state index contributed by atoms with van der Waals surface area (Å²) in [6.45, 7) is 1.24. The van der Waals surface area contributed by atoms with E-state index in [1.54, 1.807) is 55.5 Å². The van der Waals surface area contributed by atoms with Crippen molar-refractivity contribution < 1.29 is 29.0 Å².